The Kier molecular flexibility index (Phi) is 5.71. The third-order valence-electron chi connectivity index (χ3n) is 6.96. The normalized spacial score (nSPS) is 18.6. The minimum absolute atomic E-state index is 0.0531. The average Bonchev–Trinajstić information content (AvgIpc) is 2.82. The minimum atomic E-state index is -0.152. The van der Waals surface area contributed by atoms with Crippen molar-refractivity contribution in [2.24, 2.45) is 0 Å². The molecule has 0 aromatic heterocycles. The summed E-state index contributed by atoms with van der Waals surface area (Å²) in [6.45, 7) is 5.41. The molecule has 3 nitrogen and oxygen atoms in total. The third kappa shape index (κ3) is 4.08. The number of ketones is 1. The summed E-state index contributed by atoms with van der Waals surface area (Å²) in [6.07, 6.45) is 2.04. The molecule has 2 aliphatic rings. The zero-order valence-electron chi connectivity index (χ0n) is 18.2. The molecule has 0 saturated heterocycles. The predicted octanol–water partition coefficient (Wildman–Crippen LogP) is 4.80. The number of nitrogens with zero attached hydrogens (tertiary/aromatic N) is 2. The van der Waals surface area contributed by atoms with Crippen LogP contribution in [0.15, 0.2) is 78.9 Å². The SMILES string of the molecule is CC(=O)C(C(c1ccccc1)N1CCc2ccccc2C1)N1CCc2ccccc2C1. The standard InChI is InChI=1S/C28H30N2O/c1-21(31)27(29-17-15-22-9-5-7-13-25(22)19-29)28(24-11-3-2-4-12-24)30-18-16-23-10-6-8-14-26(23)20-30/h2-14,27-28H,15-20H2,1H3. The first-order chi connectivity index (χ1) is 15.2. The first kappa shape index (κ1) is 20.2. The first-order valence-corrected chi connectivity index (χ1v) is 11.4. The molecule has 5 rings (SSSR count). The summed E-state index contributed by atoms with van der Waals surface area (Å²) in [5.74, 6) is 0.257. The van der Waals surface area contributed by atoms with Crippen molar-refractivity contribution in [3.63, 3.8) is 0 Å². The van der Waals surface area contributed by atoms with E-state index in [2.05, 4.69) is 88.7 Å². The summed E-state index contributed by atoms with van der Waals surface area (Å²) in [5, 5.41) is 0. The smallest absolute Gasteiger partial charge is 0.148 e. The van der Waals surface area contributed by atoms with Gasteiger partial charge in [-0.25, -0.2) is 0 Å². The molecule has 2 aliphatic heterocycles. The van der Waals surface area contributed by atoms with Crippen LogP contribution in [0.2, 0.25) is 0 Å². The van der Waals surface area contributed by atoms with Crippen LogP contribution in [-0.2, 0) is 30.7 Å². The Hall–Kier alpha value is -2.75. The summed E-state index contributed by atoms with van der Waals surface area (Å²) in [7, 11) is 0. The maximum absolute atomic E-state index is 13.2. The van der Waals surface area contributed by atoms with E-state index in [1.807, 2.05) is 0 Å². The van der Waals surface area contributed by atoms with Crippen LogP contribution in [0.4, 0.5) is 0 Å². The maximum Gasteiger partial charge on any atom is 0.148 e. The van der Waals surface area contributed by atoms with Crippen LogP contribution >= 0.6 is 0 Å². The van der Waals surface area contributed by atoms with Crippen LogP contribution in [-0.4, -0.2) is 34.7 Å². The monoisotopic (exact) mass is 410 g/mol. The van der Waals surface area contributed by atoms with Gasteiger partial charge in [0.1, 0.15) is 5.78 Å². The van der Waals surface area contributed by atoms with Crippen molar-refractivity contribution < 1.29 is 4.79 Å². The lowest BCUT2D eigenvalue weighted by molar-refractivity contribution is -0.125. The van der Waals surface area contributed by atoms with E-state index >= 15 is 0 Å². The molecule has 31 heavy (non-hydrogen) atoms. The first-order valence-electron chi connectivity index (χ1n) is 11.4. The zero-order valence-corrected chi connectivity index (χ0v) is 18.2. The summed E-state index contributed by atoms with van der Waals surface area (Å²) in [6, 6.07) is 28.0. The number of carbonyl (C=O) groups excluding carboxylic acids is 1. The molecule has 2 unspecified atom stereocenters. The molecule has 0 amide bonds. The second kappa shape index (κ2) is 8.78. The number of carbonyl (C=O) groups is 1. The predicted molar refractivity (Wildman–Crippen MR) is 125 cm³/mol. The number of benzene rings is 3. The second-order valence-electron chi connectivity index (χ2n) is 8.89. The van der Waals surface area contributed by atoms with Crippen molar-refractivity contribution in [3.05, 3.63) is 107 Å². The van der Waals surface area contributed by atoms with E-state index in [1.165, 1.54) is 27.8 Å². The van der Waals surface area contributed by atoms with Crippen molar-refractivity contribution in [1.82, 2.24) is 9.80 Å². The number of rotatable bonds is 5. The quantitative estimate of drug-likeness (QED) is 0.604. The van der Waals surface area contributed by atoms with Gasteiger partial charge in [-0.3, -0.25) is 14.6 Å². The summed E-state index contributed by atoms with van der Waals surface area (Å²) >= 11 is 0. The van der Waals surface area contributed by atoms with E-state index < -0.39 is 0 Å². The van der Waals surface area contributed by atoms with E-state index in [9.17, 15) is 4.79 Å². The van der Waals surface area contributed by atoms with Crippen molar-refractivity contribution >= 4 is 5.78 Å². The van der Waals surface area contributed by atoms with Crippen LogP contribution in [0, 0.1) is 0 Å². The van der Waals surface area contributed by atoms with Crippen molar-refractivity contribution in [1.29, 1.82) is 0 Å². The lowest BCUT2D eigenvalue weighted by atomic mass is 9.88. The van der Waals surface area contributed by atoms with Crippen LogP contribution in [0.5, 0.6) is 0 Å². The Bertz CT molecular complexity index is 1060. The van der Waals surface area contributed by atoms with Gasteiger partial charge in [-0.2, -0.15) is 0 Å². The number of fused-ring (bicyclic) bond motifs is 2. The molecule has 3 aromatic carbocycles. The Morgan fingerprint density at radius 2 is 1.16 bits per heavy atom. The fourth-order valence-corrected chi connectivity index (χ4v) is 5.43. The molecule has 2 atom stereocenters. The van der Waals surface area contributed by atoms with Crippen LogP contribution in [0.1, 0.15) is 40.8 Å². The highest BCUT2D eigenvalue weighted by atomic mass is 16.1. The van der Waals surface area contributed by atoms with Gasteiger partial charge in [-0.1, -0.05) is 78.9 Å². The van der Waals surface area contributed by atoms with Gasteiger partial charge in [-0.15, -0.1) is 0 Å². The topological polar surface area (TPSA) is 23.6 Å². The fourth-order valence-electron chi connectivity index (χ4n) is 5.43. The lowest BCUT2D eigenvalue weighted by Gasteiger charge is -2.44. The van der Waals surface area contributed by atoms with Gasteiger partial charge in [0.05, 0.1) is 12.1 Å². The molecule has 2 heterocycles. The Morgan fingerprint density at radius 1 is 0.677 bits per heavy atom. The van der Waals surface area contributed by atoms with E-state index in [0.717, 1.165) is 39.0 Å². The average molecular weight is 411 g/mol. The number of hydrogen-bond donors (Lipinski definition) is 0. The van der Waals surface area contributed by atoms with Crippen molar-refractivity contribution in [3.8, 4) is 0 Å². The van der Waals surface area contributed by atoms with E-state index in [4.69, 9.17) is 0 Å². The van der Waals surface area contributed by atoms with Crippen molar-refractivity contribution in [2.45, 2.75) is 44.9 Å². The summed E-state index contributed by atoms with van der Waals surface area (Å²) in [5.41, 5.74) is 6.85. The van der Waals surface area contributed by atoms with Crippen molar-refractivity contribution in [2.75, 3.05) is 13.1 Å². The largest absolute Gasteiger partial charge is 0.298 e. The Labute approximate surface area is 185 Å². The van der Waals surface area contributed by atoms with Gasteiger partial charge in [0.15, 0.2) is 0 Å². The molecular formula is C28H30N2O. The van der Waals surface area contributed by atoms with Crippen LogP contribution in [0.25, 0.3) is 0 Å². The van der Waals surface area contributed by atoms with E-state index in [0.29, 0.717) is 0 Å². The highest BCUT2D eigenvalue weighted by Crippen LogP contribution is 2.35. The number of hydrogen-bond acceptors (Lipinski definition) is 3. The Morgan fingerprint density at radius 3 is 1.74 bits per heavy atom. The highest BCUT2D eigenvalue weighted by Gasteiger charge is 2.38. The van der Waals surface area contributed by atoms with E-state index in [-0.39, 0.29) is 17.9 Å². The molecule has 0 fully saturated rings. The van der Waals surface area contributed by atoms with Gasteiger partial charge in [0.25, 0.3) is 0 Å². The molecule has 0 N–H and O–H groups in total. The molecule has 158 valence electrons. The zero-order chi connectivity index (χ0) is 21.2. The summed E-state index contributed by atoms with van der Waals surface area (Å²) in [4.78, 5) is 18.1. The number of Topliss-reactive ketones (excluding diaryl/α,β-unsaturated/α-hetero) is 1. The Balaban J connectivity index is 1.51. The van der Waals surface area contributed by atoms with Gasteiger partial charge in [0, 0.05) is 26.2 Å². The van der Waals surface area contributed by atoms with Gasteiger partial charge in [-0.05, 0) is 47.6 Å². The van der Waals surface area contributed by atoms with Gasteiger partial charge in [0.2, 0.25) is 0 Å². The van der Waals surface area contributed by atoms with Crippen LogP contribution < -0.4 is 0 Å². The third-order valence-corrected chi connectivity index (χ3v) is 6.96. The fraction of sp³-hybridized carbons (Fsp3) is 0.321. The molecule has 0 aliphatic carbocycles. The summed E-state index contributed by atoms with van der Waals surface area (Å²) < 4.78 is 0. The van der Waals surface area contributed by atoms with Gasteiger partial charge < -0.3 is 0 Å². The molecule has 3 heteroatoms. The molecular weight excluding hydrogens is 380 g/mol. The molecule has 0 radical (unpaired) electrons. The van der Waals surface area contributed by atoms with E-state index in [1.54, 1.807) is 6.92 Å². The molecule has 0 saturated carbocycles. The lowest BCUT2D eigenvalue weighted by Crippen LogP contribution is -2.52. The maximum atomic E-state index is 13.2. The minimum Gasteiger partial charge on any atom is -0.298 e. The highest BCUT2D eigenvalue weighted by molar-refractivity contribution is 5.82. The molecule has 0 spiro atoms. The molecule has 3 aromatic rings. The van der Waals surface area contributed by atoms with Gasteiger partial charge >= 0.3 is 0 Å². The molecule has 0 bridgehead atoms. The second-order valence-corrected chi connectivity index (χ2v) is 8.89. The van der Waals surface area contributed by atoms with Crippen LogP contribution in [0.3, 0.4) is 0 Å².